The highest BCUT2D eigenvalue weighted by atomic mass is 32.2. The summed E-state index contributed by atoms with van der Waals surface area (Å²) in [6.45, 7) is 8.70. The highest BCUT2D eigenvalue weighted by molar-refractivity contribution is 7.98. The number of aliphatic imine (C=N–C) groups is 6. The Labute approximate surface area is 345 Å². The molecular weight excluding hydrogens is 872 g/mol. The van der Waals surface area contributed by atoms with Crippen molar-refractivity contribution in [2.45, 2.75) is 81.7 Å². The van der Waals surface area contributed by atoms with Crippen molar-refractivity contribution in [1.82, 2.24) is 40.1 Å². The van der Waals surface area contributed by atoms with Crippen molar-refractivity contribution in [3.05, 3.63) is 76.4 Å². The van der Waals surface area contributed by atoms with Gasteiger partial charge in [0.1, 0.15) is 0 Å². The molecule has 16 nitrogen and oxygen atoms in total. The predicted octanol–water partition coefficient (Wildman–Crippen LogP) is 6.77. The molecule has 3 atom stereocenters. The molecule has 4 aromatic rings. The third-order valence-electron chi connectivity index (χ3n) is 7.29. The number of sulfone groups is 1. The maximum Gasteiger partial charge on any atom is 0.434 e. The number of halogens is 9. The molecule has 3 aliphatic heterocycles. The summed E-state index contributed by atoms with van der Waals surface area (Å²) in [5.74, 6) is 0.203. The Bertz CT molecular complexity index is 2480. The van der Waals surface area contributed by atoms with Gasteiger partial charge in [0, 0.05) is 40.9 Å². The van der Waals surface area contributed by atoms with Crippen molar-refractivity contribution in [3.63, 3.8) is 0 Å². The zero-order chi connectivity index (χ0) is 45.5. The molecule has 7 rings (SSSR count). The van der Waals surface area contributed by atoms with Crippen LogP contribution in [0.2, 0.25) is 0 Å². The van der Waals surface area contributed by atoms with E-state index in [1.807, 2.05) is 19.2 Å². The molecule has 0 amide bonds. The molecule has 326 valence electrons. The van der Waals surface area contributed by atoms with E-state index in [0.717, 1.165) is 18.2 Å². The minimum Gasteiger partial charge on any atom is -0.283 e. The van der Waals surface area contributed by atoms with Crippen LogP contribution in [0, 0.1) is 34.6 Å². The highest BCUT2D eigenvalue weighted by Crippen LogP contribution is 2.29. The smallest absolute Gasteiger partial charge is 0.283 e. The first-order chi connectivity index (χ1) is 28.2. The van der Waals surface area contributed by atoms with E-state index in [4.69, 9.17) is 0 Å². The largest absolute Gasteiger partial charge is 0.434 e. The van der Waals surface area contributed by atoms with E-state index >= 15 is 0 Å². The molecule has 0 saturated carbocycles. The third-order valence-corrected chi connectivity index (χ3v) is 8.88. The molecule has 27 heteroatoms. The molecule has 0 bridgehead atoms. The fraction of sp³-hybridized carbons (Fsp3) is 0.382. The molecule has 3 unspecified atom stereocenters. The first kappa shape index (κ1) is 47.8. The summed E-state index contributed by atoms with van der Waals surface area (Å²) in [7, 11) is -3.59. The molecule has 3 aliphatic rings. The minimum atomic E-state index is -4.61. The van der Waals surface area contributed by atoms with E-state index in [-0.39, 0.29) is 22.5 Å². The average Bonchev–Trinajstić information content (AvgIpc) is 3.98. The first-order valence-electron chi connectivity index (χ1n) is 17.0. The van der Waals surface area contributed by atoms with Gasteiger partial charge in [-0.1, -0.05) is 0 Å². The molecule has 0 radical (unpaired) electrons. The second-order valence-corrected chi connectivity index (χ2v) is 15.4. The zero-order valence-electron chi connectivity index (χ0n) is 32.7. The summed E-state index contributed by atoms with van der Waals surface area (Å²) in [5, 5.41) is 6.86. The van der Waals surface area contributed by atoms with E-state index in [1.54, 1.807) is 39.1 Å². The summed E-state index contributed by atoms with van der Waals surface area (Å²) in [6.07, 6.45) is -10.3. The monoisotopic (exact) mass is 904 g/mol. The van der Waals surface area contributed by atoms with Crippen molar-refractivity contribution in [1.29, 1.82) is 0 Å². The van der Waals surface area contributed by atoms with Crippen molar-refractivity contribution < 1.29 is 47.9 Å². The molecule has 0 spiro atoms. The quantitative estimate of drug-likeness (QED) is 0.126. The summed E-state index contributed by atoms with van der Waals surface area (Å²) in [5.41, 5.74) is 0.310. The van der Waals surface area contributed by atoms with Crippen LogP contribution in [0.25, 0.3) is 0 Å². The van der Waals surface area contributed by atoms with Gasteiger partial charge in [-0.2, -0.15) is 44.6 Å². The van der Waals surface area contributed by atoms with Crippen molar-refractivity contribution in [2.75, 3.05) is 12.5 Å². The van der Waals surface area contributed by atoms with E-state index in [0.29, 0.717) is 40.2 Å². The normalized spacial score (nSPS) is 18.3. The Hall–Kier alpha value is -5.86. The lowest BCUT2D eigenvalue weighted by Crippen LogP contribution is -2.22. The minimum absolute atomic E-state index is 0.180. The van der Waals surface area contributed by atoms with Crippen LogP contribution in [0.4, 0.5) is 39.5 Å². The fourth-order valence-electron chi connectivity index (χ4n) is 4.67. The van der Waals surface area contributed by atoms with Crippen LogP contribution in [-0.2, 0) is 9.84 Å². The van der Waals surface area contributed by atoms with Gasteiger partial charge in [-0.05, 0) is 65.1 Å². The lowest BCUT2D eigenvalue weighted by molar-refractivity contribution is -0.0573. The highest BCUT2D eigenvalue weighted by Gasteiger charge is 2.40. The van der Waals surface area contributed by atoms with Crippen molar-refractivity contribution >= 4 is 57.4 Å². The molecule has 0 fully saturated rings. The van der Waals surface area contributed by atoms with E-state index in [9.17, 15) is 47.9 Å². The SMILES string of the molecule is CSc1cc(C)nc(C2N=CC(C(F)(F)F)=N2)n1.Cc1cc(C)nc(C2N=CC(C(F)(F)F)=N2)n1.Cc1cc(S(C)(=O)=O)nc(C2N=CC(C(F)(F)F)=N2)n1.Cc1ccn[nH]1. The number of H-pyrrole nitrogens is 1. The summed E-state index contributed by atoms with van der Waals surface area (Å²) in [6, 6.07) is 6.63. The number of nitrogens with zero attached hydrogens (tertiary/aromatic N) is 13. The summed E-state index contributed by atoms with van der Waals surface area (Å²) < 4.78 is 134. The summed E-state index contributed by atoms with van der Waals surface area (Å²) in [4.78, 5) is 45.0. The van der Waals surface area contributed by atoms with Gasteiger partial charge in [0.2, 0.25) is 0 Å². The average molecular weight is 905 g/mol. The first-order valence-corrected chi connectivity index (χ1v) is 20.1. The van der Waals surface area contributed by atoms with Crippen molar-refractivity contribution in [2.24, 2.45) is 30.0 Å². The van der Waals surface area contributed by atoms with Crippen LogP contribution in [0.15, 0.2) is 70.5 Å². The number of aromatic amines is 1. The molecular formula is C34H33F9N14O2S2. The Balaban J connectivity index is 0.000000188. The van der Waals surface area contributed by atoms with Crippen LogP contribution in [-0.4, -0.2) is 115 Å². The van der Waals surface area contributed by atoms with Gasteiger partial charge in [0.25, 0.3) is 0 Å². The van der Waals surface area contributed by atoms with Gasteiger partial charge in [0.05, 0.1) is 23.7 Å². The van der Waals surface area contributed by atoms with Crippen molar-refractivity contribution in [3.8, 4) is 0 Å². The molecule has 7 heterocycles. The number of nitrogens with one attached hydrogen (secondary N) is 1. The number of hydrogen-bond donors (Lipinski definition) is 1. The number of thioether (sulfide) groups is 1. The van der Waals surface area contributed by atoms with E-state index in [1.165, 1.54) is 24.8 Å². The predicted molar refractivity (Wildman–Crippen MR) is 207 cm³/mol. The zero-order valence-corrected chi connectivity index (χ0v) is 34.3. The topological polar surface area (TPSA) is 214 Å². The standard InChI is InChI=1S/C10H9F3N4O2S.C10H9F3N4S.C10H9F3N4.C4H6N2/c1-5-3-7(20(2,18)19)17-9(15-5)8-14-4-6(16-8)10(11,12)13;1-5-3-7(18-2)17-9(15-5)8-14-4-6(16-8)10(11,12)13;1-5-3-6(2)16-9(15-5)8-14-4-7(17-8)10(11,12)13;1-4-2-3-5-6-4/h3-4,8H,1-2H3;3-4,8H,1-2H3;3-4,8H,1-2H3;2-3H,1H3,(H,5,6). The summed E-state index contributed by atoms with van der Waals surface area (Å²) >= 11 is 1.39. The van der Waals surface area contributed by atoms with Gasteiger partial charge in [0.15, 0.2) is 68.0 Å². The molecule has 61 heavy (non-hydrogen) atoms. The van der Waals surface area contributed by atoms with Crippen LogP contribution >= 0.6 is 11.8 Å². The number of alkyl halides is 9. The second kappa shape index (κ2) is 19.2. The van der Waals surface area contributed by atoms with Crippen LogP contribution in [0.3, 0.4) is 0 Å². The molecule has 0 aromatic carbocycles. The van der Waals surface area contributed by atoms with Crippen LogP contribution in [0.1, 0.15) is 64.4 Å². The number of hydrogen-bond acceptors (Lipinski definition) is 16. The Morgan fingerprint density at radius 1 is 0.574 bits per heavy atom. The number of rotatable bonds is 5. The maximum absolute atomic E-state index is 12.4. The second-order valence-electron chi connectivity index (χ2n) is 12.6. The maximum atomic E-state index is 12.4. The lowest BCUT2D eigenvalue weighted by Gasteiger charge is -2.07. The van der Waals surface area contributed by atoms with Gasteiger partial charge >= 0.3 is 18.5 Å². The van der Waals surface area contributed by atoms with Gasteiger partial charge in [-0.25, -0.2) is 53.3 Å². The van der Waals surface area contributed by atoms with Gasteiger partial charge in [-0.15, -0.1) is 11.8 Å². The molecule has 1 N–H and O–H groups in total. The van der Waals surface area contributed by atoms with Gasteiger partial charge < -0.3 is 0 Å². The van der Waals surface area contributed by atoms with Gasteiger partial charge in [-0.3, -0.25) is 20.1 Å². The molecule has 4 aromatic heterocycles. The fourth-order valence-corrected chi connectivity index (χ4v) is 5.79. The molecule has 0 aliphatic carbocycles. The molecule has 0 saturated heterocycles. The van der Waals surface area contributed by atoms with Crippen LogP contribution in [0.5, 0.6) is 0 Å². The van der Waals surface area contributed by atoms with Crippen LogP contribution < -0.4 is 0 Å². The lowest BCUT2D eigenvalue weighted by atomic mass is 10.3. The Morgan fingerprint density at radius 3 is 1.26 bits per heavy atom. The third kappa shape index (κ3) is 14.1. The number of aryl methyl sites for hydroxylation is 5. The Morgan fingerprint density at radius 2 is 0.951 bits per heavy atom. The number of aromatic nitrogens is 8. The van der Waals surface area contributed by atoms with E-state index < -0.39 is 64.0 Å². The van der Waals surface area contributed by atoms with E-state index in [2.05, 4.69) is 70.1 Å². The Kier molecular flexibility index (Phi) is 15.1.